The van der Waals surface area contributed by atoms with Gasteiger partial charge in [-0.05, 0) is 30.2 Å². The number of unbranched alkanes of at least 4 members (excludes halogenated alkanes) is 6. The van der Waals surface area contributed by atoms with Crippen LogP contribution in [0.15, 0.2) is 27.1 Å². The Kier molecular flexibility index (Phi) is 9.01. The SMILES string of the molecule is CCCCCCCCCC(O)c1cc(Br)cc(Br)c1. The summed E-state index contributed by atoms with van der Waals surface area (Å²) in [6, 6.07) is 5.98. The van der Waals surface area contributed by atoms with Crippen LogP contribution in [0, 0.1) is 0 Å². The van der Waals surface area contributed by atoms with E-state index in [2.05, 4.69) is 38.8 Å². The van der Waals surface area contributed by atoms with Crippen molar-refractivity contribution in [2.75, 3.05) is 0 Å². The normalized spacial score (nSPS) is 12.6. The lowest BCUT2D eigenvalue weighted by Gasteiger charge is -2.12. The van der Waals surface area contributed by atoms with Gasteiger partial charge in [-0.2, -0.15) is 0 Å². The third kappa shape index (κ3) is 7.48. The molecular formula is C16H24Br2O. The van der Waals surface area contributed by atoms with E-state index in [1.165, 1.54) is 38.5 Å². The fourth-order valence-electron chi connectivity index (χ4n) is 2.23. The summed E-state index contributed by atoms with van der Waals surface area (Å²) in [5, 5.41) is 10.2. The van der Waals surface area contributed by atoms with E-state index < -0.39 is 0 Å². The minimum atomic E-state index is -0.343. The van der Waals surface area contributed by atoms with Crippen molar-refractivity contribution in [1.29, 1.82) is 0 Å². The summed E-state index contributed by atoms with van der Waals surface area (Å²) in [5.41, 5.74) is 0.993. The minimum Gasteiger partial charge on any atom is -0.388 e. The van der Waals surface area contributed by atoms with Gasteiger partial charge >= 0.3 is 0 Å². The molecule has 0 aliphatic rings. The summed E-state index contributed by atoms with van der Waals surface area (Å²) in [4.78, 5) is 0. The molecule has 3 heteroatoms. The first-order valence-electron chi connectivity index (χ1n) is 7.27. The van der Waals surface area contributed by atoms with Crippen molar-refractivity contribution in [3.63, 3.8) is 0 Å². The maximum atomic E-state index is 10.2. The monoisotopic (exact) mass is 390 g/mol. The van der Waals surface area contributed by atoms with Crippen LogP contribution < -0.4 is 0 Å². The van der Waals surface area contributed by atoms with Gasteiger partial charge in [0.05, 0.1) is 6.10 Å². The van der Waals surface area contributed by atoms with E-state index >= 15 is 0 Å². The van der Waals surface area contributed by atoms with Crippen LogP contribution in [0.25, 0.3) is 0 Å². The van der Waals surface area contributed by atoms with E-state index in [4.69, 9.17) is 0 Å². The first kappa shape index (κ1) is 17.2. The number of benzene rings is 1. The Hall–Kier alpha value is 0.140. The molecule has 0 spiro atoms. The molecule has 1 rings (SSSR count). The highest BCUT2D eigenvalue weighted by molar-refractivity contribution is 9.11. The molecule has 1 aromatic rings. The Morgan fingerprint density at radius 1 is 0.895 bits per heavy atom. The first-order valence-corrected chi connectivity index (χ1v) is 8.86. The Balaban J connectivity index is 2.22. The van der Waals surface area contributed by atoms with Crippen molar-refractivity contribution in [1.82, 2.24) is 0 Å². The highest BCUT2D eigenvalue weighted by Gasteiger charge is 2.08. The molecule has 19 heavy (non-hydrogen) atoms. The average molecular weight is 392 g/mol. The number of halogens is 2. The highest BCUT2D eigenvalue weighted by Crippen LogP contribution is 2.27. The van der Waals surface area contributed by atoms with Crippen LogP contribution in [-0.4, -0.2) is 5.11 Å². The molecular weight excluding hydrogens is 368 g/mol. The smallest absolute Gasteiger partial charge is 0.0790 e. The van der Waals surface area contributed by atoms with Gasteiger partial charge in [-0.25, -0.2) is 0 Å². The van der Waals surface area contributed by atoms with Gasteiger partial charge in [0.25, 0.3) is 0 Å². The summed E-state index contributed by atoms with van der Waals surface area (Å²) in [6.07, 6.45) is 9.51. The lowest BCUT2D eigenvalue weighted by atomic mass is 10.0. The lowest BCUT2D eigenvalue weighted by Crippen LogP contribution is -1.97. The van der Waals surface area contributed by atoms with Crippen LogP contribution in [0.5, 0.6) is 0 Å². The molecule has 0 radical (unpaired) electrons. The van der Waals surface area contributed by atoms with Gasteiger partial charge in [-0.1, -0.05) is 83.7 Å². The molecule has 0 saturated heterocycles. The van der Waals surface area contributed by atoms with Crippen molar-refractivity contribution in [2.45, 2.75) is 64.4 Å². The van der Waals surface area contributed by atoms with Gasteiger partial charge < -0.3 is 5.11 Å². The Morgan fingerprint density at radius 3 is 2.00 bits per heavy atom. The van der Waals surface area contributed by atoms with Crippen molar-refractivity contribution in [3.05, 3.63) is 32.7 Å². The standard InChI is InChI=1S/C16H24Br2O/c1-2-3-4-5-6-7-8-9-16(19)13-10-14(17)12-15(18)11-13/h10-12,16,19H,2-9H2,1H3. The Labute approximate surface area is 134 Å². The molecule has 0 fully saturated rings. The Bertz CT molecular complexity index is 346. The van der Waals surface area contributed by atoms with Gasteiger partial charge in [0.2, 0.25) is 0 Å². The zero-order chi connectivity index (χ0) is 14.1. The first-order chi connectivity index (χ1) is 9.13. The van der Waals surface area contributed by atoms with Crippen LogP contribution >= 0.6 is 31.9 Å². The molecule has 0 aliphatic carbocycles. The third-order valence-corrected chi connectivity index (χ3v) is 4.27. The highest BCUT2D eigenvalue weighted by atomic mass is 79.9. The lowest BCUT2D eigenvalue weighted by molar-refractivity contribution is 0.163. The summed E-state index contributed by atoms with van der Waals surface area (Å²) in [5.74, 6) is 0. The van der Waals surface area contributed by atoms with Crippen molar-refractivity contribution in [2.24, 2.45) is 0 Å². The van der Waals surface area contributed by atoms with Gasteiger partial charge in [0.15, 0.2) is 0 Å². The topological polar surface area (TPSA) is 20.2 Å². The van der Waals surface area contributed by atoms with Crippen LogP contribution in [0.4, 0.5) is 0 Å². The molecule has 108 valence electrons. The van der Waals surface area contributed by atoms with Crippen molar-refractivity contribution >= 4 is 31.9 Å². The molecule has 1 nitrogen and oxygen atoms in total. The summed E-state index contributed by atoms with van der Waals surface area (Å²) in [6.45, 7) is 2.24. The molecule has 1 atom stereocenters. The van der Waals surface area contributed by atoms with Gasteiger partial charge in [0, 0.05) is 8.95 Å². The number of aliphatic hydroxyl groups is 1. The molecule has 0 saturated carbocycles. The van der Waals surface area contributed by atoms with Gasteiger partial charge in [-0.15, -0.1) is 0 Å². The zero-order valence-electron chi connectivity index (χ0n) is 11.7. The van der Waals surface area contributed by atoms with E-state index in [-0.39, 0.29) is 6.10 Å². The molecule has 0 amide bonds. The number of rotatable bonds is 9. The van der Waals surface area contributed by atoms with Crippen LogP contribution in [0.2, 0.25) is 0 Å². The molecule has 1 aromatic carbocycles. The van der Waals surface area contributed by atoms with Crippen molar-refractivity contribution in [3.8, 4) is 0 Å². The summed E-state index contributed by atoms with van der Waals surface area (Å²) >= 11 is 6.91. The second-order valence-electron chi connectivity index (χ2n) is 5.13. The molecule has 1 N–H and O–H groups in total. The van der Waals surface area contributed by atoms with E-state index in [1.54, 1.807) is 0 Å². The van der Waals surface area contributed by atoms with Gasteiger partial charge in [0.1, 0.15) is 0 Å². The number of aliphatic hydroxyl groups excluding tert-OH is 1. The molecule has 1 unspecified atom stereocenters. The number of hydrogen-bond acceptors (Lipinski definition) is 1. The Morgan fingerprint density at radius 2 is 1.42 bits per heavy atom. The quantitative estimate of drug-likeness (QED) is 0.483. The van der Waals surface area contributed by atoms with E-state index in [1.807, 2.05) is 18.2 Å². The molecule has 0 aromatic heterocycles. The fraction of sp³-hybridized carbons (Fsp3) is 0.625. The second-order valence-corrected chi connectivity index (χ2v) is 6.96. The zero-order valence-corrected chi connectivity index (χ0v) is 14.8. The summed E-state index contributed by atoms with van der Waals surface area (Å²) < 4.78 is 2.02. The largest absolute Gasteiger partial charge is 0.388 e. The molecule has 0 aliphatic heterocycles. The fourth-order valence-corrected chi connectivity index (χ4v) is 3.56. The maximum Gasteiger partial charge on any atom is 0.0790 e. The van der Waals surface area contributed by atoms with E-state index in [0.717, 1.165) is 27.4 Å². The van der Waals surface area contributed by atoms with E-state index in [9.17, 15) is 5.11 Å². The van der Waals surface area contributed by atoms with Crippen LogP contribution in [0.3, 0.4) is 0 Å². The predicted molar refractivity (Wildman–Crippen MR) is 89.4 cm³/mol. The van der Waals surface area contributed by atoms with Gasteiger partial charge in [-0.3, -0.25) is 0 Å². The third-order valence-electron chi connectivity index (χ3n) is 3.35. The van der Waals surface area contributed by atoms with E-state index in [0.29, 0.717) is 0 Å². The number of hydrogen-bond donors (Lipinski definition) is 1. The predicted octanol–water partition coefficient (Wildman–Crippen LogP) is 6.39. The average Bonchev–Trinajstić information content (AvgIpc) is 2.36. The molecule has 0 heterocycles. The summed E-state index contributed by atoms with van der Waals surface area (Å²) in [7, 11) is 0. The second kappa shape index (κ2) is 9.95. The molecule has 0 bridgehead atoms. The van der Waals surface area contributed by atoms with Crippen LogP contribution in [-0.2, 0) is 0 Å². The van der Waals surface area contributed by atoms with Crippen LogP contribution in [0.1, 0.15) is 70.0 Å². The maximum absolute atomic E-state index is 10.2. The minimum absolute atomic E-state index is 0.343. The van der Waals surface area contributed by atoms with Crippen molar-refractivity contribution < 1.29 is 5.11 Å².